The Morgan fingerprint density at radius 1 is 0.955 bits per heavy atom. The smallest absolute Gasteiger partial charge is 0.300 e. The third-order valence-corrected chi connectivity index (χ3v) is 5.33. The van der Waals surface area contributed by atoms with Crippen molar-refractivity contribution in [3.63, 3.8) is 0 Å². The zero-order chi connectivity index (χ0) is 16.2. The first-order valence-corrected chi connectivity index (χ1v) is 8.85. The van der Waals surface area contributed by atoms with Gasteiger partial charge in [-0.15, -0.1) is 0 Å². The fraction of sp³-hybridized carbons (Fsp3) is 0.278. The zero-order valence-corrected chi connectivity index (χ0v) is 14.0. The minimum atomic E-state index is -3.62. The Labute approximate surface area is 131 Å². The van der Waals surface area contributed by atoms with Crippen molar-refractivity contribution >= 4 is 18.2 Å². The van der Waals surface area contributed by atoms with Crippen LogP contribution in [0.1, 0.15) is 31.1 Å². The van der Waals surface area contributed by atoms with Crippen LogP contribution in [0.2, 0.25) is 0 Å². The second kappa shape index (κ2) is 6.60. The van der Waals surface area contributed by atoms with E-state index in [2.05, 4.69) is 0 Å². The van der Waals surface area contributed by atoms with Gasteiger partial charge in [-0.3, -0.25) is 9.36 Å². The van der Waals surface area contributed by atoms with Crippen molar-refractivity contribution in [3.05, 3.63) is 66.2 Å². The summed E-state index contributed by atoms with van der Waals surface area (Å²) in [5.41, 5.74) is -0.228. The van der Waals surface area contributed by atoms with Gasteiger partial charge in [-0.1, -0.05) is 69.3 Å². The SMILES string of the molecule is CC(C)(C)COP(=O)(C(=O)c1ccccc1)c1ccccc1. The monoisotopic (exact) mass is 316 g/mol. The lowest BCUT2D eigenvalue weighted by molar-refractivity contribution is 0.104. The quantitative estimate of drug-likeness (QED) is 0.763. The highest BCUT2D eigenvalue weighted by Crippen LogP contribution is 2.49. The summed E-state index contributed by atoms with van der Waals surface area (Å²) in [6.45, 7) is 6.19. The van der Waals surface area contributed by atoms with Crippen molar-refractivity contribution in [2.24, 2.45) is 5.41 Å². The number of hydrogen-bond acceptors (Lipinski definition) is 3. The molecular formula is C18H21O3P. The van der Waals surface area contributed by atoms with E-state index in [4.69, 9.17) is 4.52 Å². The molecule has 0 amide bonds. The molecule has 0 heterocycles. The third kappa shape index (κ3) is 3.94. The molecule has 4 heteroatoms. The molecule has 0 aliphatic heterocycles. The van der Waals surface area contributed by atoms with E-state index in [1.807, 2.05) is 32.9 Å². The molecule has 0 aliphatic carbocycles. The van der Waals surface area contributed by atoms with Crippen molar-refractivity contribution in [1.29, 1.82) is 0 Å². The average molecular weight is 316 g/mol. The van der Waals surface area contributed by atoms with E-state index in [1.54, 1.807) is 48.5 Å². The Bertz CT molecular complexity index is 672. The molecule has 1 unspecified atom stereocenters. The van der Waals surface area contributed by atoms with Gasteiger partial charge in [-0.05, 0) is 17.5 Å². The Morgan fingerprint density at radius 2 is 1.45 bits per heavy atom. The summed E-state index contributed by atoms with van der Waals surface area (Å²) in [5.74, 6) is 0. The van der Waals surface area contributed by atoms with Gasteiger partial charge in [0.05, 0.1) is 6.61 Å². The van der Waals surface area contributed by atoms with Gasteiger partial charge in [0.25, 0.3) is 5.52 Å². The molecule has 0 aromatic heterocycles. The first-order chi connectivity index (χ1) is 10.3. The summed E-state index contributed by atoms with van der Waals surface area (Å²) >= 11 is 0. The van der Waals surface area contributed by atoms with E-state index >= 15 is 0 Å². The van der Waals surface area contributed by atoms with E-state index in [0.29, 0.717) is 10.9 Å². The number of rotatable bonds is 5. The molecule has 2 aromatic carbocycles. The molecule has 22 heavy (non-hydrogen) atoms. The number of benzene rings is 2. The lowest BCUT2D eigenvalue weighted by Crippen LogP contribution is -2.21. The van der Waals surface area contributed by atoms with E-state index in [-0.39, 0.29) is 12.0 Å². The highest BCUT2D eigenvalue weighted by Gasteiger charge is 2.37. The van der Waals surface area contributed by atoms with Crippen molar-refractivity contribution in [1.82, 2.24) is 0 Å². The van der Waals surface area contributed by atoms with E-state index in [1.165, 1.54) is 0 Å². The van der Waals surface area contributed by atoms with Gasteiger partial charge < -0.3 is 4.52 Å². The predicted molar refractivity (Wildman–Crippen MR) is 89.9 cm³/mol. The Kier molecular flexibility index (Phi) is 5.00. The molecule has 0 aliphatic rings. The van der Waals surface area contributed by atoms with Crippen LogP contribution in [0.25, 0.3) is 0 Å². The van der Waals surface area contributed by atoms with Gasteiger partial charge >= 0.3 is 7.37 Å². The summed E-state index contributed by atoms with van der Waals surface area (Å²) in [7, 11) is -3.62. The second-order valence-electron chi connectivity index (χ2n) is 6.39. The van der Waals surface area contributed by atoms with Crippen LogP contribution in [-0.2, 0) is 9.09 Å². The van der Waals surface area contributed by atoms with Crippen molar-refractivity contribution in [2.75, 3.05) is 6.61 Å². The summed E-state index contributed by atoms with van der Waals surface area (Å²) in [6, 6.07) is 17.4. The topological polar surface area (TPSA) is 43.4 Å². The highest BCUT2D eigenvalue weighted by molar-refractivity contribution is 7.83. The van der Waals surface area contributed by atoms with Crippen LogP contribution < -0.4 is 5.30 Å². The molecule has 0 bridgehead atoms. The van der Waals surface area contributed by atoms with Crippen LogP contribution in [0.5, 0.6) is 0 Å². The number of carbonyl (C=O) groups excluding carboxylic acids is 1. The summed E-state index contributed by atoms with van der Waals surface area (Å²) < 4.78 is 19.1. The first kappa shape index (κ1) is 16.7. The van der Waals surface area contributed by atoms with Gasteiger partial charge in [-0.25, -0.2) is 0 Å². The zero-order valence-electron chi connectivity index (χ0n) is 13.2. The summed E-state index contributed by atoms with van der Waals surface area (Å²) in [5, 5.41) is 0.438. The summed E-state index contributed by atoms with van der Waals surface area (Å²) in [6.07, 6.45) is 0. The third-order valence-electron chi connectivity index (χ3n) is 3.06. The van der Waals surface area contributed by atoms with Crippen LogP contribution in [0.3, 0.4) is 0 Å². The molecule has 0 N–H and O–H groups in total. The maximum atomic E-state index is 13.4. The predicted octanol–water partition coefficient (Wildman–Crippen LogP) is 4.49. The van der Waals surface area contributed by atoms with Crippen molar-refractivity contribution < 1.29 is 13.9 Å². The van der Waals surface area contributed by atoms with Gasteiger partial charge in [0.15, 0.2) is 0 Å². The molecule has 3 nitrogen and oxygen atoms in total. The van der Waals surface area contributed by atoms with Gasteiger partial charge in [0.2, 0.25) is 0 Å². The van der Waals surface area contributed by atoms with E-state index in [9.17, 15) is 9.36 Å². The second-order valence-corrected chi connectivity index (χ2v) is 8.68. The molecule has 2 rings (SSSR count). The van der Waals surface area contributed by atoms with Gasteiger partial charge in [0.1, 0.15) is 0 Å². The highest BCUT2D eigenvalue weighted by atomic mass is 31.2. The lowest BCUT2D eigenvalue weighted by Gasteiger charge is -2.23. The lowest BCUT2D eigenvalue weighted by atomic mass is 9.99. The van der Waals surface area contributed by atoms with Crippen LogP contribution in [-0.4, -0.2) is 12.1 Å². The molecular weight excluding hydrogens is 295 g/mol. The standard InChI is InChI=1S/C18H21O3P/c1-18(2,3)14-21-22(20,16-12-8-5-9-13-16)17(19)15-10-6-4-7-11-15/h4-13H,14H2,1-3H3. The molecule has 2 aromatic rings. The molecule has 0 saturated heterocycles. The molecule has 116 valence electrons. The molecule has 0 radical (unpaired) electrons. The van der Waals surface area contributed by atoms with Crippen LogP contribution >= 0.6 is 7.37 Å². The maximum Gasteiger partial charge on any atom is 0.300 e. The molecule has 0 fully saturated rings. The minimum Gasteiger partial charge on any atom is -0.319 e. The van der Waals surface area contributed by atoms with Crippen LogP contribution in [0, 0.1) is 5.41 Å². The van der Waals surface area contributed by atoms with E-state index in [0.717, 1.165) is 0 Å². The van der Waals surface area contributed by atoms with Crippen molar-refractivity contribution in [3.8, 4) is 0 Å². The molecule has 0 saturated carbocycles. The van der Waals surface area contributed by atoms with Crippen molar-refractivity contribution in [2.45, 2.75) is 20.8 Å². The van der Waals surface area contributed by atoms with Crippen LogP contribution in [0.15, 0.2) is 60.7 Å². The van der Waals surface area contributed by atoms with E-state index < -0.39 is 12.9 Å². The summed E-state index contributed by atoms with van der Waals surface area (Å²) in [4.78, 5) is 12.8. The number of carbonyl (C=O) groups is 1. The maximum absolute atomic E-state index is 13.4. The number of hydrogen-bond donors (Lipinski definition) is 0. The molecule has 0 spiro atoms. The normalized spacial score (nSPS) is 14.3. The fourth-order valence-corrected chi connectivity index (χ4v) is 4.03. The van der Waals surface area contributed by atoms with Crippen LogP contribution in [0.4, 0.5) is 0 Å². The first-order valence-electron chi connectivity index (χ1n) is 7.23. The largest absolute Gasteiger partial charge is 0.319 e. The Morgan fingerprint density at radius 3 is 1.95 bits per heavy atom. The Hall–Kier alpha value is -1.70. The average Bonchev–Trinajstić information content (AvgIpc) is 2.53. The minimum absolute atomic E-state index is 0.179. The fourth-order valence-electron chi connectivity index (χ4n) is 1.91. The van der Waals surface area contributed by atoms with Gasteiger partial charge in [0, 0.05) is 10.9 Å². The Balaban J connectivity index is 2.42. The molecule has 1 atom stereocenters. The van der Waals surface area contributed by atoms with Gasteiger partial charge in [-0.2, -0.15) is 0 Å².